The van der Waals surface area contributed by atoms with Gasteiger partial charge in [0.05, 0.1) is 26.4 Å². The first-order valence-electron chi connectivity index (χ1n) is 12.5. The normalized spacial score (nSPS) is 28.3. The summed E-state index contributed by atoms with van der Waals surface area (Å²) in [4.78, 5) is 0. The number of hydrogen-bond acceptors (Lipinski definition) is 4. The number of ether oxygens (including phenoxy) is 2. The van der Waals surface area contributed by atoms with Gasteiger partial charge in [0.25, 0.3) is 0 Å². The van der Waals surface area contributed by atoms with Gasteiger partial charge in [-0.25, -0.2) is 0 Å². The Hall–Kier alpha value is -2.74. The summed E-state index contributed by atoms with van der Waals surface area (Å²) in [5, 5.41) is 21.4. The van der Waals surface area contributed by atoms with Crippen molar-refractivity contribution in [3.05, 3.63) is 70.8 Å². The van der Waals surface area contributed by atoms with Crippen LogP contribution in [0.25, 0.3) is 0 Å². The minimum Gasteiger partial charge on any atom is -0.508 e. The summed E-state index contributed by atoms with van der Waals surface area (Å²) in [5.41, 5.74) is 4.48. The standard InChI is InChI=1S/C31H38O4/c1-7-26-19(2)20(3)27-23(18-35-17-21-8-14-25(34-6)15-9-21)16-31(4,5)29(27)28(26)30(33)22-10-12-24(32)13-11-22/h1,8-15,23,26-30,32-33H,16-18H2,2-6H3/t23-,26-,27-,28-,29-,30-/m0/s1. The van der Waals surface area contributed by atoms with Crippen molar-refractivity contribution in [3.8, 4) is 23.8 Å². The van der Waals surface area contributed by atoms with Gasteiger partial charge < -0.3 is 19.7 Å². The third-order valence-corrected chi connectivity index (χ3v) is 8.51. The molecule has 0 aliphatic heterocycles. The number of fused-ring (bicyclic) bond motifs is 1. The number of hydrogen-bond donors (Lipinski definition) is 2. The molecule has 0 radical (unpaired) electrons. The van der Waals surface area contributed by atoms with Crippen molar-refractivity contribution in [2.45, 2.75) is 46.8 Å². The van der Waals surface area contributed by atoms with Crippen molar-refractivity contribution in [2.75, 3.05) is 13.7 Å². The average Bonchev–Trinajstić information content (AvgIpc) is 3.11. The molecule has 1 fully saturated rings. The lowest BCUT2D eigenvalue weighted by Crippen LogP contribution is -2.42. The lowest BCUT2D eigenvalue weighted by Gasteiger charge is -2.47. The van der Waals surface area contributed by atoms with Gasteiger partial charge >= 0.3 is 0 Å². The third kappa shape index (κ3) is 4.85. The molecular weight excluding hydrogens is 436 g/mol. The van der Waals surface area contributed by atoms with Crippen LogP contribution in [0, 0.1) is 47.3 Å². The second-order valence-electron chi connectivity index (χ2n) is 11.0. The van der Waals surface area contributed by atoms with E-state index in [1.54, 1.807) is 31.4 Å². The van der Waals surface area contributed by atoms with Gasteiger partial charge in [-0.15, -0.1) is 6.42 Å². The van der Waals surface area contributed by atoms with Gasteiger partial charge in [0.15, 0.2) is 0 Å². The molecule has 2 aliphatic carbocycles. The molecule has 0 bridgehead atoms. The van der Waals surface area contributed by atoms with E-state index in [0.717, 1.165) is 23.3 Å². The number of rotatable bonds is 7. The third-order valence-electron chi connectivity index (χ3n) is 8.51. The van der Waals surface area contributed by atoms with Gasteiger partial charge in [0, 0.05) is 11.8 Å². The molecule has 0 heterocycles. The van der Waals surface area contributed by atoms with E-state index < -0.39 is 6.10 Å². The highest BCUT2D eigenvalue weighted by Crippen LogP contribution is 2.62. The van der Waals surface area contributed by atoms with E-state index in [1.165, 1.54) is 11.1 Å². The second-order valence-corrected chi connectivity index (χ2v) is 11.0. The minimum absolute atomic E-state index is 0.00156. The van der Waals surface area contributed by atoms with Crippen LogP contribution in [0.15, 0.2) is 59.7 Å². The zero-order chi connectivity index (χ0) is 25.3. The number of methoxy groups -OCH3 is 1. The first-order valence-corrected chi connectivity index (χ1v) is 12.5. The molecule has 2 aromatic rings. The van der Waals surface area contributed by atoms with Crippen LogP contribution in [0.3, 0.4) is 0 Å². The number of phenols is 1. The van der Waals surface area contributed by atoms with Crippen LogP contribution in [0.5, 0.6) is 11.5 Å². The quantitative estimate of drug-likeness (QED) is 0.374. The molecule has 6 atom stereocenters. The SMILES string of the molecule is C#C[C@H]1C(C)=C(C)[C@H]2[C@H](COCc3ccc(OC)cc3)CC(C)(C)[C@@H]2[C@H]1[C@@H](O)c1ccc(O)cc1. The van der Waals surface area contributed by atoms with Gasteiger partial charge in [-0.3, -0.25) is 0 Å². The van der Waals surface area contributed by atoms with E-state index in [1.807, 2.05) is 24.3 Å². The Morgan fingerprint density at radius 3 is 2.31 bits per heavy atom. The Labute approximate surface area is 210 Å². The van der Waals surface area contributed by atoms with Gasteiger partial charge in [-0.2, -0.15) is 0 Å². The fourth-order valence-electron chi connectivity index (χ4n) is 6.83. The molecule has 0 aromatic heterocycles. The predicted molar refractivity (Wildman–Crippen MR) is 139 cm³/mol. The summed E-state index contributed by atoms with van der Waals surface area (Å²) in [6, 6.07) is 14.9. The predicted octanol–water partition coefficient (Wildman–Crippen LogP) is 6.15. The Morgan fingerprint density at radius 2 is 1.71 bits per heavy atom. The molecule has 0 amide bonds. The number of aromatic hydroxyl groups is 1. The van der Waals surface area contributed by atoms with Crippen LogP contribution in [0.1, 0.15) is 51.3 Å². The monoisotopic (exact) mass is 474 g/mol. The van der Waals surface area contributed by atoms with Crippen LogP contribution in [0.2, 0.25) is 0 Å². The smallest absolute Gasteiger partial charge is 0.118 e. The van der Waals surface area contributed by atoms with Crippen molar-refractivity contribution >= 4 is 0 Å². The van der Waals surface area contributed by atoms with Gasteiger partial charge in [0.2, 0.25) is 0 Å². The molecule has 35 heavy (non-hydrogen) atoms. The number of allylic oxidation sites excluding steroid dienone is 2. The Morgan fingerprint density at radius 1 is 1.06 bits per heavy atom. The number of phenolic OH excluding ortho intramolecular Hbond substituents is 1. The van der Waals surface area contributed by atoms with E-state index in [-0.39, 0.29) is 28.9 Å². The van der Waals surface area contributed by atoms with Crippen molar-refractivity contribution in [1.29, 1.82) is 0 Å². The molecule has 2 N–H and O–H groups in total. The zero-order valence-electron chi connectivity index (χ0n) is 21.5. The molecule has 0 unspecified atom stereocenters. The minimum atomic E-state index is -0.703. The summed E-state index contributed by atoms with van der Waals surface area (Å²) >= 11 is 0. The van der Waals surface area contributed by atoms with Crippen molar-refractivity contribution in [1.82, 2.24) is 0 Å². The highest BCUT2D eigenvalue weighted by atomic mass is 16.5. The molecule has 0 saturated heterocycles. The molecule has 4 rings (SSSR count). The van der Waals surface area contributed by atoms with Crippen molar-refractivity contribution < 1.29 is 19.7 Å². The van der Waals surface area contributed by atoms with Gasteiger partial charge in [0.1, 0.15) is 11.5 Å². The maximum absolute atomic E-state index is 11.6. The maximum atomic E-state index is 11.6. The fourth-order valence-corrected chi connectivity index (χ4v) is 6.83. The Balaban J connectivity index is 1.60. The summed E-state index contributed by atoms with van der Waals surface area (Å²) in [6.45, 7) is 10.2. The molecule has 186 valence electrons. The van der Waals surface area contributed by atoms with Crippen molar-refractivity contribution in [3.63, 3.8) is 0 Å². The zero-order valence-corrected chi connectivity index (χ0v) is 21.5. The van der Waals surface area contributed by atoms with E-state index in [9.17, 15) is 10.2 Å². The van der Waals surface area contributed by atoms with Crippen LogP contribution in [-0.2, 0) is 11.3 Å². The highest BCUT2D eigenvalue weighted by Gasteiger charge is 2.57. The van der Waals surface area contributed by atoms with Gasteiger partial charge in [-0.1, -0.05) is 55.2 Å². The second kappa shape index (κ2) is 10.1. The van der Waals surface area contributed by atoms with E-state index in [0.29, 0.717) is 25.0 Å². The fraction of sp³-hybridized carbons (Fsp3) is 0.484. The number of terminal acetylenes is 1. The molecule has 2 aromatic carbocycles. The molecular formula is C31H38O4. The summed E-state index contributed by atoms with van der Waals surface area (Å²) in [5.74, 6) is 4.73. The average molecular weight is 475 g/mol. The lowest BCUT2D eigenvalue weighted by atomic mass is 9.57. The topological polar surface area (TPSA) is 58.9 Å². The van der Waals surface area contributed by atoms with Gasteiger partial charge in [-0.05, 0) is 78.8 Å². The molecule has 1 saturated carbocycles. The van der Waals surface area contributed by atoms with Crippen LogP contribution < -0.4 is 4.74 Å². The largest absolute Gasteiger partial charge is 0.508 e. The van der Waals surface area contributed by atoms with Crippen LogP contribution in [-0.4, -0.2) is 23.9 Å². The summed E-state index contributed by atoms with van der Waals surface area (Å²) < 4.78 is 11.5. The van der Waals surface area contributed by atoms with E-state index >= 15 is 0 Å². The number of aliphatic hydroxyl groups is 1. The molecule has 2 aliphatic rings. The molecule has 4 heteroatoms. The number of benzene rings is 2. The van der Waals surface area contributed by atoms with E-state index in [2.05, 4.69) is 33.6 Å². The van der Waals surface area contributed by atoms with Crippen LogP contribution >= 0.6 is 0 Å². The summed E-state index contributed by atoms with van der Waals surface area (Å²) in [7, 11) is 1.67. The molecule has 4 nitrogen and oxygen atoms in total. The first-order chi connectivity index (χ1) is 16.7. The molecule has 0 spiro atoms. The van der Waals surface area contributed by atoms with E-state index in [4.69, 9.17) is 15.9 Å². The Bertz CT molecular complexity index is 1090. The highest BCUT2D eigenvalue weighted by molar-refractivity contribution is 5.35. The van der Waals surface area contributed by atoms with Crippen LogP contribution in [0.4, 0.5) is 0 Å². The first kappa shape index (κ1) is 25.4. The summed E-state index contributed by atoms with van der Waals surface area (Å²) in [6.07, 6.45) is 6.40. The maximum Gasteiger partial charge on any atom is 0.118 e. The lowest BCUT2D eigenvalue weighted by molar-refractivity contribution is -0.00351. The van der Waals surface area contributed by atoms with Crippen molar-refractivity contribution in [2.24, 2.45) is 35.0 Å². The number of aliphatic hydroxyl groups excluding tert-OH is 1. The Kier molecular flexibility index (Phi) is 7.31.